The second-order valence-corrected chi connectivity index (χ2v) is 12.7. The van der Waals surface area contributed by atoms with Crippen molar-refractivity contribution in [2.75, 3.05) is 50.8 Å². The minimum atomic E-state index is -0.693. The van der Waals surface area contributed by atoms with E-state index in [9.17, 15) is 14.4 Å². The predicted octanol–water partition coefficient (Wildman–Crippen LogP) is 3.20. The lowest BCUT2D eigenvalue weighted by molar-refractivity contribution is -0.138. The number of nitrogens with one attached hydrogen (secondary N) is 1. The maximum absolute atomic E-state index is 13.8. The molecule has 8 heteroatoms. The maximum atomic E-state index is 13.8. The molecule has 3 aliphatic rings. The van der Waals surface area contributed by atoms with Crippen LogP contribution in [0.15, 0.2) is 24.3 Å². The zero-order valence-electron chi connectivity index (χ0n) is 24.0. The first-order valence-corrected chi connectivity index (χ1v) is 14.3. The monoisotopic (exact) mass is 526 g/mol. The Morgan fingerprint density at radius 2 is 1.74 bits per heavy atom. The summed E-state index contributed by atoms with van der Waals surface area (Å²) in [4.78, 5) is 46.4. The average molecular weight is 527 g/mol. The van der Waals surface area contributed by atoms with Crippen molar-refractivity contribution in [3.63, 3.8) is 0 Å². The molecule has 0 spiro atoms. The topological polar surface area (TPSA) is 82.2 Å². The SMILES string of the molecule is CCCN1CCN(c2ccc(C(=O)N[C@@H](CC(C)C)C(=O)N3C[C@H](C(C)(C)C)[C@H]4OCC(=O)[C@H]43)cc2)CC1. The van der Waals surface area contributed by atoms with Crippen LogP contribution in [0.25, 0.3) is 0 Å². The Morgan fingerprint density at radius 3 is 2.32 bits per heavy atom. The largest absolute Gasteiger partial charge is 0.369 e. The van der Waals surface area contributed by atoms with Crippen LogP contribution in [0.2, 0.25) is 0 Å². The first-order valence-electron chi connectivity index (χ1n) is 14.3. The van der Waals surface area contributed by atoms with Crippen LogP contribution < -0.4 is 10.2 Å². The van der Waals surface area contributed by atoms with Gasteiger partial charge in [-0.05, 0) is 55.0 Å². The Morgan fingerprint density at radius 1 is 1.08 bits per heavy atom. The summed E-state index contributed by atoms with van der Waals surface area (Å²) in [6.45, 7) is 18.4. The molecule has 4 atom stereocenters. The first-order chi connectivity index (χ1) is 18.0. The van der Waals surface area contributed by atoms with Gasteiger partial charge in [0.05, 0.1) is 6.10 Å². The number of hydrogen-bond donors (Lipinski definition) is 1. The zero-order chi connectivity index (χ0) is 27.6. The van der Waals surface area contributed by atoms with E-state index >= 15 is 0 Å². The van der Waals surface area contributed by atoms with Crippen molar-refractivity contribution in [1.82, 2.24) is 15.1 Å². The fourth-order valence-corrected chi connectivity index (χ4v) is 6.15. The summed E-state index contributed by atoms with van der Waals surface area (Å²) in [5, 5.41) is 3.01. The number of rotatable bonds is 8. The number of ketones is 1. The van der Waals surface area contributed by atoms with Gasteiger partial charge in [0, 0.05) is 49.9 Å². The van der Waals surface area contributed by atoms with Gasteiger partial charge in [-0.3, -0.25) is 19.3 Å². The van der Waals surface area contributed by atoms with E-state index in [1.54, 1.807) is 4.90 Å². The molecule has 2 amide bonds. The number of ether oxygens (including phenoxy) is 1. The van der Waals surface area contributed by atoms with Gasteiger partial charge in [-0.2, -0.15) is 0 Å². The number of hydrogen-bond acceptors (Lipinski definition) is 6. The Hall–Kier alpha value is -2.45. The molecule has 1 N–H and O–H groups in total. The molecule has 3 saturated heterocycles. The van der Waals surface area contributed by atoms with Crippen LogP contribution in [0, 0.1) is 17.3 Å². The summed E-state index contributed by atoms with van der Waals surface area (Å²) in [5.41, 5.74) is 1.54. The highest BCUT2D eigenvalue weighted by atomic mass is 16.5. The van der Waals surface area contributed by atoms with Gasteiger partial charge < -0.3 is 19.9 Å². The number of nitrogens with zero attached hydrogens (tertiary/aromatic N) is 3. The van der Waals surface area contributed by atoms with Crippen molar-refractivity contribution in [3.05, 3.63) is 29.8 Å². The number of benzene rings is 1. The van der Waals surface area contributed by atoms with Gasteiger partial charge in [0.25, 0.3) is 5.91 Å². The highest BCUT2D eigenvalue weighted by Crippen LogP contribution is 2.41. The lowest BCUT2D eigenvalue weighted by atomic mass is 9.78. The minimum absolute atomic E-state index is 0.0455. The van der Waals surface area contributed by atoms with Gasteiger partial charge in [0.2, 0.25) is 5.91 Å². The molecule has 3 aliphatic heterocycles. The summed E-state index contributed by atoms with van der Waals surface area (Å²) in [6, 6.07) is 6.43. The molecule has 38 heavy (non-hydrogen) atoms. The summed E-state index contributed by atoms with van der Waals surface area (Å²) in [7, 11) is 0. The van der Waals surface area contributed by atoms with E-state index in [1.165, 1.54) is 6.42 Å². The van der Waals surface area contributed by atoms with Crippen molar-refractivity contribution >= 4 is 23.3 Å². The molecule has 0 bridgehead atoms. The van der Waals surface area contributed by atoms with Crippen molar-refractivity contribution in [3.8, 4) is 0 Å². The Kier molecular flexibility index (Phi) is 8.82. The molecule has 3 fully saturated rings. The number of fused-ring (bicyclic) bond motifs is 1. The van der Waals surface area contributed by atoms with E-state index in [0.29, 0.717) is 18.5 Å². The van der Waals surface area contributed by atoms with Crippen molar-refractivity contribution in [2.45, 2.75) is 72.6 Å². The molecule has 8 nitrogen and oxygen atoms in total. The zero-order valence-corrected chi connectivity index (χ0v) is 24.0. The third kappa shape index (κ3) is 6.23. The highest BCUT2D eigenvalue weighted by molar-refractivity contribution is 5.99. The number of carbonyl (C=O) groups is 3. The number of anilines is 1. The van der Waals surface area contributed by atoms with Crippen LogP contribution in [0.1, 0.15) is 64.7 Å². The van der Waals surface area contributed by atoms with Crippen LogP contribution in [-0.2, 0) is 14.3 Å². The van der Waals surface area contributed by atoms with Gasteiger partial charge in [-0.1, -0.05) is 41.5 Å². The molecule has 0 radical (unpaired) electrons. The summed E-state index contributed by atoms with van der Waals surface area (Å²) < 4.78 is 5.86. The Bertz CT molecular complexity index is 995. The number of Topliss-reactive ketones (excluding diaryl/α,β-unsaturated/α-hetero) is 1. The molecule has 210 valence electrons. The summed E-state index contributed by atoms with van der Waals surface area (Å²) in [5.74, 6) is -0.231. The predicted molar refractivity (Wildman–Crippen MR) is 149 cm³/mol. The molecule has 1 aromatic carbocycles. The smallest absolute Gasteiger partial charge is 0.251 e. The van der Waals surface area contributed by atoms with E-state index in [-0.39, 0.29) is 47.6 Å². The average Bonchev–Trinajstić information content (AvgIpc) is 3.44. The Balaban J connectivity index is 1.44. The summed E-state index contributed by atoms with van der Waals surface area (Å²) >= 11 is 0. The second kappa shape index (κ2) is 11.7. The minimum Gasteiger partial charge on any atom is -0.369 e. The van der Waals surface area contributed by atoms with Gasteiger partial charge in [-0.15, -0.1) is 0 Å². The van der Waals surface area contributed by atoms with Crippen LogP contribution in [0.3, 0.4) is 0 Å². The van der Waals surface area contributed by atoms with Crippen LogP contribution in [0.5, 0.6) is 0 Å². The molecular weight excluding hydrogens is 480 g/mol. The summed E-state index contributed by atoms with van der Waals surface area (Å²) in [6.07, 6.45) is 1.40. The molecule has 3 heterocycles. The highest BCUT2D eigenvalue weighted by Gasteiger charge is 2.55. The van der Waals surface area contributed by atoms with E-state index in [0.717, 1.165) is 38.4 Å². The van der Waals surface area contributed by atoms with Crippen LogP contribution in [0.4, 0.5) is 5.69 Å². The van der Waals surface area contributed by atoms with E-state index < -0.39 is 12.1 Å². The molecule has 0 saturated carbocycles. The van der Waals surface area contributed by atoms with Crippen LogP contribution in [-0.4, -0.2) is 91.5 Å². The molecular formula is C30H46N4O4. The van der Waals surface area contributed by atoms with Gasteiger partial charge >= 0.3 is 0 Å². The molecule has 4 rings (SSSR count). The molecule has 0 unspecified atom stereocenters. The van der Waals surface area contributed by atoms with Gasteiger partial charge in [0.1, 0.15) is 18.7 Å². The van der Waals surface area contributed by atoms with Crippen molar-refractivity contribution in [1.29, 1.82) is 0 Å². The molecule has 0 aromatic heterocycles. The van der Waals surface area contributed by atoms with E-state index in [2.05, 4.69) is 42.8 Å². The third-order valence-corrected chi connectivity index (χ3v) is 8.30. The third-order valence-electron chi connectivity index (χ3n) is 8.30. The number of carbonyl (C=O) groups excluding carboxylic acids is 3. The fraction of sp³-hybridized carbons (Fsp3) is 0.700. The molecule has 0 aliphatic carbocycles. The van der Waals surface area contributed by atoms with E-state index in [4.69, 9.17) is 4.74 Å². The lowest BCUT2D eigenvalue weighted by Crippen LogP contribution is -2.52. The number of likely N-dealkylation sites (tertiary alicyclic amines) is 1. The van der Waals surface area contributed by atoms with Gasteiger partial charge in [-0.25, -0.2) is 0 Å². The molecule has 1 aromatic rings. The quantitative estimate of drug-likeness (QED) is 0.560. The van der Waals surface area contributed by atoms with Crippen LogP contribution >= 0.6 is 0 Å². The number of amides is 2. The van der Waals surface area contributed by atoms with Crippen molar-refractivity contribution < 1.29 is 19.1 Å². The normalized spacial score (nSPS) is 25.1. The first kappa shape index (κ1) is 28.6. The second-order valence-electron chi connectivity index (χ2n) is 12.7. The Labute approximate surface area is 228 Å². The lowest BCUT2D eigenvalue weighted by Gasteiger charge is -2.36. The standard InChI is InChI=1S/C30H46N4O4/c1-7-12-32-13-15-33(16-14-32)22-10-8-21(9-11-22)28(36)31-24(17-20(2)3)29(37)34-18-23(30(4,5)6)27-26(34)25(35)19-38-27/h8-11,20,23-24,26-27H,7,12-19H2,1-6H3,(H,31,36)/t23-,24-,26+,27+/m0/s1. The number of piperazine rings is 1. The maximum Gasteiger partial charge on any atom is 0.251 e. The van der Waals surface area contributed by atoms with E-state index in [1.807, 2.05) is 38.1 Å². The fourth-order valence-electron chi connectivity index (χ4n) is 6.15. The van der Waals surface area contributed by atoms with Gasteiger partial charge in [0.15, 0.2) is 5.78 Å². The van der Waals surface area contributed by atoms with Crippen molar-refractivity contribution in [2.24, 2.45) is 17.3 Å².